The normalized spacial score (nSPS) is 15.5. The average Bonchev–Trinajstić information content (AvgIpc) is 3.63. The molecule has 0 spiro atoms. The molecule has 1 saturated carbocycles. The first kappa shape index (κ1) is 23.9. The smallest absolute Gasteiger partial charge is 0.335 e. The van der Waals surface area contributed by atoms with Crippen molar-refractivity contribution in [1.29, 1.82) is 0 Å². The number of benzene rings is 3. The first-order valence-electron chi connectivity index (χ1n) is 12.2. The highest BCUT2D eigenvalue weighted by molar-refractivity contribution is 6.39. The Hall–Kier alpha value is -3.48. The lowest BCUT2D eigenvalue weighted by Gasteiger charge is -2.41. The zero-order valence-corrected chi connectivity index (χ0v) is 21.4. The van der Waals surface area contributed by atoms with Crippen molar-refractivity contribution >= 4 is 34.9 Å². The first-order chi connectivity index (χ1) is 18.0. The number of aromatic carboxylic acids is 1. The van der Waals surface area contributed by atoms with Gasteiger partial charge in [0.15, 0.2) is 0 Å². The van der Waals surface area contributed by atoms with E-state index in [4.69, 9.17) is 32.5 Å². The van der Waals surface area contributed by atoms with Gasteiger partial charge in [-0.2, -0.15) is 0 Å². The molecule has 3 aromatic carbocycles. The number of nitrogens with zero attached hydrogens (tertiary/aromatic N) is 2. The van der Waals surface area contributed by atoms with E-state index in [1.807, 2.05) is 36.4 Å². The lowest BCUT2D eigenvalue weighted by atomic mass is 9.90. The zero-order valence-electron chi connectivity index (χ0n) is 19.9. The zero-order chi connectivity index (χ0) is 25.5. The highest BCUT2D eigenvalue weighted by Gasteiger charge is 2.34. The molecule has 4 aromatic rings. The molecule has 6 rings (SSSR count). The van der Waals surface area contributed by atoms with Crippen molar-refractivity contribution in [3.63, 3.8) is 0 Å². The van der Waals surface area contributed by atoms with Gasteiger partial charge in [-0.15, -0.1) is 0 Å². The lowest BCUT2D eigenvalue weighted by Crippen LogP contribution is -2.45. The number of anilines is 1. The largest absolute Gasteiger partial charge is 0.489 e. The number of carbonyl (C=O) groups is 1. The molecule has 0 amide bonds. The van der Waals surface area contributed by atoms with Crippen LogP contribution in [0.4, 0.5) is 5.69 Å². The second-order valence-electron chi connectivity index (χ2n) is 9.56. The Bertz CT molecular complexity index is 1440. The van der Waals surface area contributed by atoms with Gasteiger partial charge in [-0.1, -0.05) is 46.6 Å². The van der Waals surface area contributed by atoms with E-state index >= 15 is 0 Å². The third-order valence-electron chi connectivity index (χ3n) is 7.04. The van der Waals surface area contributed by atoms with Gasteiger partial charge in [0.2, 0.25) is 0 Å². The number of hydrogen-bond donors (Lipinski definition) is 1. The summed E-state index contributed by atoms with van der Waals surface area (Å²) in [6, 6.07) is 20.6. The summed E-state index contributed by atoms with van der Waals surface area (Å²) >= 11 is 12.9. The molecule has 2 heterocycles. The third kappa shape index (κ3) is 4.79. The summed E-state index contributed by atoms with van der Waals surface area (Å²) in [5.74, 6) is 1.38. The molecule has 6 nitrogen and oxygen atoms in total. The maximum absolute atomic E-state index is 11.3. The second kappa shape index (κ2) is 9.77. The average molecular weight is 535 g/mol. The summed E-state index contributed by atoms with van der Waals surface area (Å²) in [6.07, 6.45) is 2.15. The fourth-order valence-corrected chi connectivity index (χ4v) is 5.36. The van der Waals surface area contributed by atoms with Gasteiger partial charge in [0.1, 0.15) is 23.8 Å². The van der Waals surface area contributed by atoms with Gasteiger partial charge in [-0.05, 0) is 66.9 Å². The SMILES string of the molecule is O=C(O)c1cccc(C2CN(c3ccc(OCc4c(-c5c(Cl)cccc5Cl)noc4C4CC4)cc3)C2)c1. The predicted molar refractivity (Wildman–Crippen MR) is 143 cm³/mol. The van der Waals surface area contributed by atoms with Gasteiger partial charge in [-0.3, -0.25) is 0 Å². The van der Waals surface area contributed by atoms with E-state index in [1.165, 1.54) is 0 Å². The molecule has 1 aliphatic carbocycles. The molecule has 0 bridgehead atoms. The maximum Gasteiger partial charge on any atom is 0.335 e. The van der Waals surface area contributed by atoms with E-state index in [0.29, 0.717) is 45.3 Å². The Kier molecular flexibility index (Phi) is 6.31. The fraction of sp³-hybridized carbons (Fsp3) is 0.241. The molecule has 8 heteroatoms. The van der Waals surface area contributed by atoms with Gasteiger partial charge < -0.3 is 19.3 Å². The summed E-state index contributed by atoms with van der Waals surface area (Å²) in [7, 11) is 0. The molecule has 0 radical (unpaired) electrons. The van der Waals surface area contributed by atoms with Crippen LogP contribution in [0, 0.1) is 0 Å². The minimum atomic E-state index is -0.897. The van der Waals surface area contributed by atoms with Crippen LogP contribution < -0.4 is 9.64 Å². The molecular formula is C29H24Cl2N2O4. The molecule has 0 atom stereocenters. The van der Waals surface area contributed by atoms with E-state index in [-0.39, 0.29) is 0 Å². The summed E-state index contributed by atoms with van der Waals surface area (Å²) in [6.45, 7) is 1.99. The molecule has 1 aromatic heterocycles. The van der Waals surface area contributed by atoms with Gasteiger partial charge in [-0.25, -0.2) is 4.79 Å². The summed E-state index contributed by atoms with van der Waals surface area (Å²) in [5, 5.41) is 14.6. The Labute approximate surface area is 224 Å². The molecule has 1 saturated heterocycles. The van der Waals surface area contributed by atoms with Crippen molar-refractivity contribution < 1.29 is 19.2 Å². The topological polar surface area (TPSA) is 75.8 Å². The number of carboxylic acid groups (broad SMARTS) is 1. The predicted octanol–water partition coefficient (Wildman–Crippen LogP) is 7.41. The van der Waals surface area contributed by atoms with E-state index < -0.39 is 5.97 Å². The summed E-state index contributed by atoms with van der Waals surface area (Å²) in [4.78, 5) is 13.5. The quantitative estimate of drug-likeness (QED) is 0.253. The Morgan fingerprint density at radius 1 is 1.00 bits per heavy atom. The van der Waals surface area contributed by atoms with Crippen LogP contribution in [0.2, 0.25) is 10.0 Å². The van der Waals surface area contributed by atoms with E-state index in [2.05, 4.69) is 10.1 Å². The molecule has 2 aliphatic rings. The number of carboxylic acids is 1. The second-order valence-corrected chi connectivity index (χ2v) is 10.4. The van der Waals surface area contributed by atoms with Gasteiger partial charge in [0.05, 0.1) is 21.2 Å². The third-order valence-corrected chi connectivity index (χ3v) is 7.67. The Morgan fingerprint density at radius 2 is 1.70 bits per heavy atom. The van der Waals surface area contributed by atoms with Crippen LogP contribution >= 0.6 is 23.2 Å². The number of hydrogen-bond acceptors (Lipinski definition) is 5. The van der Waals surface area contributed by atoms with Crippen molar-refractivity contribution in [2.45, 2.75) is 31.3 Å². The minimum Gasteiger partial charge on any atom is -0.489 e. The van der Waals surface area contributed by atoms with Crippen molar-refractivity contribution in [1.82, 2.24) is 5.16 Å². The van der Waals surface area contributed by atoms with Crippen molar-refractivity contribution in [2.24, 2.45) is 0 Å². The Balaban J connectivity index is 1.13. The molecule has 2 fully saturated rings. The minimum absolute atomic E-state index is 0.303. The molecule has 1 aliphatic heterocycles. The molecule has 0 unspecified atom stereocenters. The van der Waals surface area contributed by atoms with Crippen LogP contribution in [-0.2, 0) is 6.61 Å². The van der Waals surface area contributed by atoms with E-state index in [9.17, 15) is 9.90 Å². The number of aromatic nitrogens is 1. The number of halogens is 2. The number of ether oxygens (including phenoxy) is 1. The monoisotopic (exact) mass is 534 g/mol. The fourth-order valence-electron chi connectivity index (χ4n) is 4.78. The highest BCUT2D eigenvalue weighted by atomic mass is 35.5. The van der Waals surface area contributed by atoms with Gasteiger partial charge in [0, 0.05) is 36.2 Å². The van der Waals surface area contributed by atoms with E-state index in [0.717, 1.165) is 54.3 Å². The van der Waals surface area contributed by atoms with Crippen LogP contribution in [0.1, 0.15) is 51.9 Å². The molecule has 37 heavy (non-hydrogen) atoms. The van der Waals surface area contributed by atoms with Crippen LogP contribution in [0.15, 0.2) is 71.3 Å². The van der Waals surface area contributed by atoms with Crippen LogP contribution in [0.3, 0.4) is 0 Å². The lowest BCUT2D eigenvalue weighted by molar-refractivity contribution is 0.0696. The first-order valence-corrected chi connectivity index (χ1v) is 13.0. The summed E-state index contributed by atoms with van der Waals surface area (Å²) in [5.41, 5.74) is 4.67. The van der Waals surface area contributed by atoms with Crippen LogP contribution in [0.5, 0.6) is 5.75 Å². The van der Waals surface area contributed by atoms with Crippen LogP contribution in [-0.4, -0.2) is 29.3 Å². The summed E-state index contributed by atoms with van der Waals surface area (Å²) < 4.78 is 11.9. The van der Waals surface area contributed by atoms with Crippen molar-refractivity contribution in [3.05, 3.63) is 99.2 Å². The Morgan fingerprint density at radius 3 is 2.38 bits per heavy atom. The molecule has 1 N–H and O–H groups in total. The van der Waals surface area contributed by atoms with Crippen LogP contribution in [0.25, 0.3) is 11.3 Å². The van der Waals surface area contributed by atoms with Gasteiger partial charge >= 0.3 is 5.97 Å². The maximum atomic E-state index is 11.3. The standard InChI is InChI=1S/C29H24Cl2N2O4/c30-24-5-2-6-25(31)26(24)27-23(28(37-32-27)17-7-8-17)16-36-22-11-9-21(10-12-22)33-14-20(15-33)18-3-1-4-19(13-18)29(34)35/h1-6,9-13,17,20H,7-8,14-16H2,(H,34,35). The van der Waals surface area contributed by atoms with Gasteiger partial charge in [0.25, 0.3) is 0 Å². The van der Waals surface area contributed by atoms with Crippen molar-refractivity contribution in [3.8, 4) is 17.0 Å². The number of rotatable bonds is 8. The van der Waals surface area contributed by atoms with Crippen molar-refractivity contribution in [2.75, 3.05) is 18.0 Å². The molecular weight excluding hydrogens is 511 g/mol. The highest BCUT2D eigenvalue weighted by Crippen LogP contribution is 2.46. The molecule has 188 valence electrons. The van der Waals surface area contributed by atoms with E-state index in [1.54, 1.807) is 30.3 Å².